The Bertz CT molecular complexity index is 633. The van der Waals surface area contributed by atoms with Crippen LogP contribution in [0.3, 0.4) is 0 Å². The average Bonchev–Trinajstić information content (AvgIpc) is 2.37. The molecule has 110 valence electrons. The van der Waals surface area contributed by atoms with Gasteiger partial charge in [0, 0.05) is 17.0 Å². The van der Waals surface area contributed by atoms with E-state index in [2.05, 4.69) is 15.3 Å². The highest BCUT2D eigenvalue weighted by atomic mass is 35.5. The molecule has 21 heavy (non-hydrogen) atoms. The van der Waals surface area contributed by atoms with E-state index in [4.69, 9.17) is 11.6 Å². The fourth-order valence-corrected chi connectivity index (χ4v) is 2.05. The molecule has 4 nitrogen and oxygen atoms in total. The maximum absolute atomic E-state index is 11.8. The molecule has 1 aromatic heterocycles. The molecule has 0 aliphatic carbocycles. The van der Waals surface area contributed by atoms with Gasteiger partial charge in [-0.05, 0) is 17.5 Å². The highest BCUT2D eigenvalue weighted by Gasteiger charge is 2.16. The summed E-state index contributed by atoms with van der Waals surface area (Å²) in [6.07, 6.45) is 3.65. The third kappa shape index (κ3) is 4.83. The molecule has 0 unspecified atom stereocenters. The summed E-state index contributed by atoms with van der Waals surface area (Å²) in [6.45, 7) is 6.06. The molecule has 0 spiro atoms. The second kappa shape index (κ2) is 6.22. The summed E-state index contributed by atoms with van der Waals surface area (Å²) in [7, 11) is 0. The second-order valence-electron chi connectivity index (χ2n) is 6.09. The zero-order valence-corrected chi connectivity index (χ0v) is 13.1. The number of carbonyl (C=O) groups excluding carboxylic acids is 1. The number of amides is 1. The fraction of sp³-hybridized carbons (Fsp3) is 0.312. The minimum Gasteiger partial charge on any atom is -0.323 e. The van der Waals surface area contributed by atoms with E-state index in [0.29, 0.717) is 23.0 Å². The highest BCUT2D eigenvalue weighted by Crippen LogP contribution is 2.21. The number of hydrogen-bond donors (Lipinski definition) is 1. The number of halogens is 1. The van der Waals surface area contributed by atoms with Gasteiger partial charge in [-0.15, -0.1) is 0 Å². The number of benzene rings is 1. The van der Waals surface area contributed by atoms with E-state index in [1.807, 2.05) is 32.9 Å². The van der Waals surface area contributed by atoms with Crippen LogP contribution in [0.2, 0.25) is 5.02 Å². The lowest BCUT2D eigenvalue weighted by molar-refractivity contribution is -0.117. The van der Waals surface area contributed by atoms with Gasteiger partial charge in [0.25, 0.3) is 0 Å². The van der Waals surface area contributed by atoms with Crippen molar-refractivity contribution in [3.8, 4) is 11.4 Å². The van der Waals surface area contributed by atoms with Crippen molar-refractivity contribution in [3.05, 3.63) is 41.7 Å². The molecule has 0 aliphatic rings. The number of nitrogens with one attached hydrogen (secondary N) is 1. The molecule has 0 aliphatic heterocycles. The SMILES string of the molecule is CC(C)(C)CC(=O)Nc1cnc(-c2cccc(Cl)c2)nc1. The molecule has 2 rings (SSSR count). The van der Waals surface area contributed by atoms with Crippen molar-refractivity contribution in [2.75, 3.05) is 5.32 Å². The van der Waals surface area contributed by atoms with Gasteiger partial charge in [0.2, 0.25) is 5.91 Å². The maximum atomic E-state index is 11.8. The molecule has 0 radical (unpaired) electrons. The van der Waals surface area contributed by atoms with E-state index < -0.39 is 0 Å². The zero-order chi connectivity index (χ0) is 15.5. The zero-order valence-electron chi connectivity index (χ0n) is 12.4. The van der Waals surface area contributed by atoms with Crippen molar-refractivity contribution in [1.29, 1.82) is 0 Å². The summed E-state index contributed by atoms with van der Waals surface area (Å²) in [5.74, 6) is 0.535. The first-order chi connectivity index (χ1) is 9.83. The van der Waals surface area contributed by atoms with Crippen LogP contribution in [0.5, 0.6) is 0 Å². The number of anilines is 1. The van der Waals surface area contributed by atoms with Crippen LogP contribution in [0.1, 0.15) is 27.2 Å². The van der Waals surface area contributed by atoms with Gasteiger partial charge in [-0.25, -0.2) is 9.97 Å². The highest BCUT2D eigenvalue weighted by molar-refractivity contribution is 6.30. The van der Waals surface area contributed by atoms with Crippen LogP contribution >= 0.6 is 11.6 Å². The summed E-state index contributed by atoms with van der Waals surface area (Å²) in [6, 6.07) is 7.33. The van der Waals surface area contributed by atoms with Gasteiger partial charge >= 0.3 is 0 Å². The smallest absolute Gasteiger partial charge is 0.224 e. The molecule has 0 atom stereocenters. The number of hydrogen-bond acceptors (Lipinski definition) is 3. The molecular weight excluding hydrogens is 286 g/mol. The van der Waals surface area contributed by atoms with Gasteiger partial charge in [0.15, 0.2) is 5.82 Å². The summed E-state index contributed by atoms with van der Waals surface area (Å²) >= 11 is 5.94. The van der Waals surface area contributed by atoms with Crippen molar-refractivity contribution in [2.45, 2.75) is 27.2 Å². The maximum Gasteiger partial charge on any atom is 0.224 e. The lowest BCUT2D eigenvalue weighted by atomic mass is 9.92. The predicted molar refractivity (Wildman–Crippen MR) is 85.2 cm³/mol. The van der Waals surface area contributed by atoms with Crippen molar-refractivity contribution >= 4 is 23.2 Å². The number of carbonyl (C=O) groups is 1. The topological polar surface area (TPSA) is 54.9 Å². The third-order valence-electron chi connectivity index (χ3n) is 2.71. The van der Waals surface area contributed by atoms with Crippen LogP contribution in [0.25, 0.3) is 11.4 Å². The molecular formula is C16H18ClN3O. The van der Waals surface area contributed by atoms with Crippen molar-refractivity contribution in [2.24, 2.45) is 5.41 Å². The molecule has 0 saturated carbocycles. The van der Waals surface area contributed by atoms with E-state index in [0.717, 1.165) is 5.56 Å². The minimum absolute atomic E-state index is 0.0402. The Balaban J connectivity index is 2.07. The van der Waals surface area contributed by atoms with E-state index >= 15 is 0 Å². The lowest BCUT2D eigenvalue weighted by Gasteiger charge is -2.17. The number of rotatable bonds is 3. The summed E-state index contributed by atoms with van der Waals surface area (Å²) in [4.78, 5) is 20.4. The fourth-order valence-electron chi connectivity index (χ4n) is 1.86. The van der Waals surface area contributed by atoms with Crippen LogP contribution in [-0.4, -0.2) is 15.9 Å². The van der Waals surface area contributed by atoms with Crippen molar-refractivity contribution in [1.82, 2.24) is 9.97 Å². The Morgan fingerprint density at radius 3 is 2.48 bits per heavy atom. The van der Waals surface area contributed by atoms with E-state index in [1.165, 1.54) is 0 Å². The first kappa shape index (κ1) is 15.4. The summed E-state index contributed by atoms with van der Waals surface area (Å²) in [5, 5.41) is 3.44. The second-order valence-corrected chi connectivity index (χ2v) is 6.53. The third-order valence-corrected chi connectivity index (χ3v) is 2.94. The van der Waals surface area contributed by atoms with Crippen molar-refractivity contribution < 1.29 is 4.79 Å². The van der Waals surface area contributed by atoms with E-state index in [9.17, 15) is 4.79 Å². The van der Waals surface area contributed by atoms with Gasteiger partial charge in [-0.2, -0.15) is 0 Å². The largest absolute Gasteiger partial charge is 0.323 e. The Morgan fingerprint density at radius 1 is 1.24 bits per heavy atom. The molecule has 1 N–H and O–H groups in total. The Morgan fingerprint density at radius 2 is 1.90 bits per heavy atom. The van der Waals surface area contributed by atoms with E-state index in [-0.39, 0.29) is 11.3 Å². The Labute approximate surface area is 129 Å². The molecule has 0 saturated heterocycles. The molecule has 2 aromatic rings. The lowest BCUT2D eigenvalue weighted by Crippen LogP contribution is -2.19. The average molecular weight is 304 g/mol. The molecule has 1 heterocycles. The predicted octanol–water partition coefficient (Wildman–Crippen LogP) is 4.17. The van der Waals surface area contributed by atoms with Gasteiger partial charge in [0.05, 0.1) is 18.1 Å². The number of nitrogens with zero attached hydrogens (tertiary/aromatic N) is 2. The Hall–Kier alpha value is -1.94. The molecule has 1 aromatic carbocycles. The van der Waals surface area contributed by atoms with Crippen molar-refractivity contribution in [3.63, 3.8) is 0 Å². The summed E-state index contributed by atoms with van der Waals surface area (Å²) in [5.41, 5.74) is 1.39. The van der Waals surface area contributed by atoms with Gasteiger partial charge < -0.3 is 5.32 Å². The summed E-state index contributed by atoms with van der Waals surface area (Å²) < 4.78 is 0. The first-order valence-electron chi connectivity index (χ1n) is 6.71. The molecule has 5 heteroatoms. The van der Waals surface area contributed by atoms with Gasteiger partial charge in [0.1, 0.15) is 0 Å². The van der Waals surface area contributed by atoms with E-state index in [1.54, 1.807) is 24.5 Å². The normalized spacial score (nSPS) is 11.2. The van der Waals surface area contributed by atoms with Gasteiger partial charge in [-0.3, -0.25) is 4.79 Å². The van der Waals surface area contributed by atoms with Crippen LogP contribution < -0.4 is 5.32 Å². The van der Waals surface area contributed by atoms with Crippen LogP contribution in [-0.2, 0) is 4.79 Å². The number of aromatic nitrogens is 2. The molecule has 0 bridgehead atoms. The standard InChI is InChI=1S/C16H18ClN3O/c1-16(2,3)8-14(21)20-13-9-18-15(19-10-13)11-5-4-6-12(17)7-11/h4-7,9-10H,8H2,1-3H3,(H,20,21). The minimum atomic E-state index is -0.0499. The van der Waals surface area contributed by atoms with Crippen LogP contribution in [0, 0.1) is 5.41 Å². The monoisotopic (exact) mass is 303 g/mol. The first-order valence-corrected chi connectivity index (χ1v) is 7.09. The Kier molecular flexibility index (Phi) is 4.58. The quantitative estimate of drug-likeness (QED) is 0.925. The molecule has 1 amide bonds. The van der Waals surface area contributed by atoms with Gasteiger partial charge in [-0.1, -0.05) is 44.5 Å². The van der Waals surface area contributed by atoms with Crippen LogP contribution in [0.4, 0.5) is 5.69 Å². The molecule has 0 fully saturated rings. The van der Waals surface area contributed by atoms with Crippen LogP contribution in [0.15, 0.2) is 36.7 Å².